The fraction of sp³-hybridized carbons (Fsp3) is 0.200. The van der Waals surface area contributed by atoms with Gasteiger partial charge in [-0.2, -0.15) is 0 Å². The van der Waals surface area contributed by atoms with Crippen LogP contribution in [0.2, 0.25) is 5.02 Å². The van der Waals surface area contributed by atoms with Gasteiger partial charge in [0, 0.05) is 16.4 Å². The maximum Gasteiger partial charge on any atom is 0.0531 e. The van der Waals surface area contributed by atoms with Gasteiger partial charge in [-0.15, -0.1) is 0 Å². The first-order chi connectivity index (χ1) is 10.6. The number of hydrogen-bond donors (Lipinski definition) is 0. The maximum atomic E-state index is 6.00. The second-order valence-electron chi connectivity index (χ2n) is 5.95. The highest BCUT2D eigenvalue weighted by atomic mass is 35.5. The quantitative estimate of drug-likeness (QED) is 0.540. The van der Waals surface area contributed by atoms with Crippen LogP contribution in [0.4, 0.5) is 0 Å². The van der Waals surface area contributed by atoms with Crippen LogP contribution in [0.5, 0.6) is 0 Å². The summed E-state index contributed by atoms with van der Waals surface area (Å²) in [5.74, 6) is 0.551. The summed E-state index contributed by atoms with van der Waals surface area (Å²) in [5.41, 5.74) is 6.14. The van der Waals surface area contributed by atoms with E-state index in [4.69, 9.17) is 11.6 Å². The molecule has 0 spiro atoms. The van der Waals surface area contributed by atoms with Gasteiger partial charge in [0.15, 0.2) is 0 Å². The van der Waals surface area contributed by atoms with Crippen LogP contribution in [0.1, 0.15) is 31.0 Å². The second kappa shape index (κ2) is 6.02. The number of benzene rings is 2. The molecule has 0 bridgehead atoms. The van der Waals surface area contributed by atoms with E-state index in [1.54, 1.807) is 0 Å². The van der Waals surface area contributed by atoms with Gasteiger partial charge in [-0.25, -0.2) is 0 Å². The predicted octanol–water partition coefficient (Wildman–Crippen LogP) is 6.23. The van der Waals surface area contributed by atoms with Crippen LogP contribution in [-0.4, -0.2) is 4.57 Å². The van der Waals surface area contributed by atoms with Crippen LogP contribution in [0.15, 0.2) is 60.7 Å². The summed E-state index contributed by atoms with van der Waals surface area (Å²) in [5, 5.41) is 0.764. The molecule has 0 saturated carbocycles. The molecule has 0 aliphatic heterocycles. The minimum atomic E-state index is 0.551. The van der Waals surface area contributed by atoms with E-state index < -0.39 is 0 Å². The summed E-state index contributed by atoms with van der Waals surface area (Å²) in [6, 6.07) is 21.1. The standard InChI is InChI=1S/C20H20ClN/c1-14(2)16-7-11-19(12-8-16)22-15(3)4-13-20(22)17-5-9-18(21)10-6-17/h4-14H,1-3H3. The van der Waals surface area contributed by atoms with Crippen LogP contribution in [0.25, 0.3) is 16.9 Å². The van der Waals surface area contributed by atoms with Crippen molar-refractivity contribution in [2.45, 2.75) is 26.7 Å². The molecule has 0 fully saturated rings. The van der Waals surface area contributed by atoms with Crippen molar-refractivity contribution in [3.63, 3.8) is 0 Å². The van der Waals surface area contributed by atoms with Gasteiger partial charge in [0.2, 0.25) is 0 Å². The Kier molecular flexibility index (Phi) is 4.08. The van der Waals surface area contributed by atoms with Gasteiger partial charge in [0.1, 0.15) is 0 Å². The summed E-state index contributed by atoms with van der Waals surface area (Å²) < 4.78 is 2.29. The van der Waals surface area contributed by atoms with Crippen LogP contribution >= 0.6 is 11.6 Å². The molecule has 0 aliphatic carbocycles. The Morgan fingerprint density at radius 1 is 0.818 bits per heavy atom. The third kappa shape index (κ3) is 2.82. The third-order valence-corrected chi connectivity index (χ3v) is 4.29. The van der Waals surface area contributed by atoms with Gasteiger partial charge in [0.05, 0.1) is 5.69 Å². The molecule has 2 aromatic carbocycles. The smallest absolute Gasteiger partial charge is 0.0531 e. The van der Waals surface area contributed by atoms with E-state index >= 15 is 0 Å². The number of nitrogens with zero attached hydrogens (tertiary/aromatic N) is 1. The molecule has 0 amide bonds. The molecule has 112 valence electrons. The molecule has 0 saturated heterocycles. The third-order valence-electron chi connectivity index (χ3n) is 4.03. The number of aryl methyl sites for hydroxylation is 1. The normalized spacial score (nSPS) is 11.1. The van der Waals surface area contributed by atoms with Crippen molar-refractivity contribution in [1.82, 2.24) is 4.57 Å². The molecule has 3 rings (SSSR count). The fourth-order valence-corrected chi connectivity index (χ4v) is 2.86. The fourth-order valence-electron chi connectivity index (χ4n) is 2.74. The lowest BCUT2D eigenvalue weighted by molar-refractivity contribution is 0.865. The van der Waals surface area contributed by atoms with Gasteiger partial charge < -0.3 is 4.57 Å². The van der Waals surface area contributed by atoms with Gasteiger partial charge >= 0.3 is 0 Å². The summed E-state index contributed by atoms with van der Waals surface area (Å²) in [4.78, 5) is 0. The van der Waals surface area contributed by atoms with Crippen molar-refractivity contribution in [3.05, 3.63) is 76.9 Å². The number of hydrogen-bond acceptors (Lipinski definition) is 0. The average molecular weight is 310 g/mol. The zero-order chi connectivity index (χ0) is 15.7. The van der Waals surface area contributed by atoms with Crippen molar-refractivity contribution in [3.8, 4) is 16.9 Å². The first-order valence-corrected chi connectivity index (χ1v) is 7.98. The van der Waals surface area contributed by atoms with Crippen molar-refractivity contribution < 1.29 is 0 Å². The molecule has 0 aliphatic rings. The van der Waals surface area contributed by atoms with E-state index in [1.807, 2.05) is 12.1 Å². The Hall–Kier alpha value is -1.99. The van der Waals surface area contributed by atoms with Crippen molar-refractivity contribution >= 4 is 11.6 Å². The first kappa shape index (κ1) is 14.9. The number of rotatable bonds is 3. The average Bonchev–Trinajstić information content (AvgIpc) is 2.90. The molecule has 1 aromatic heterocycles. The van der Waals surface area contributed by atoms with E-state index in [0.717, 1.165) is 5.02 Å². The zero-order valence-electron chi connectivity index (χ0n) is 13.2. The molecular formula is C20H20ClN. The van der Waals surface area contributed by atoms with Crippen molar-refractivity contribution in [1.29, 1.82) is 0 Å². The monoisotopic (exact) mass is 309 g/mol. The Bertz CT molecular complexity index is 764. The molecular weight excluding hydrogens is 290 g/mol. The number of aromatic nitrogens is 1. The van der Waals surface area contributed by atoms with E-state index in [2.05, 4.69) is 73.9 Å². The SMILES string of the molecule is Cc1ccc(-c2ccc(Cl)cc2)n1-c1ccc(C(C)C)cc1. The van der Waals surface area contributed by atoms with Gasteiger partial charge in [-0.1, -0.05) is 49.7 Å². The number of halogens is 1. The minimum absolute atomic E-state index is 0.551. The lowest BCUT2D eigenvalue weighted by Crippen LogP contribution is -1.99. The van der Waals surface area contributed by atoms with Crippen LogP contribution < -0.4 is 0 Å². The highest BCUT2D eigenvalue weighted by molar-refractivity contribution is 6.30. The maximum absolute atomic E-state index is 6.00. The van der Waals surface area contributed by atoms with Gasteiger partial charge in [-0.05, 0) is 60.4 Å². The second-order valence-corrected chi connectivity index (χ2v) is 6.38. The Morgan fingerprint density at radius 2 is 1.45 bits per heavy atom. The van der Waals surface area contributed by atoms with Crippen LogP contribution in [-0.2, 0) is 0 Å². The van der Waals surface area contributed by atoms with Crippen molar-refractivity contribution in [2.75, 3.05) is 0 Å². The Morgan fingerprint density at radius 3 is 2.05 bits per heavy atom. The summed E-state index contributed by atoms with van der Waals surface area (Å²) in [7, 11) is 0. The van der Waals surface area contributed by atoms with E-state index in [9.17, 15) is 0 Å². The molecule has 3 aromatic rings. The summed E-state index contributed by atoms with van der Waals surface area (Å²) in [6.07, 6.45) is 0. The highest BCUT2D eigenvalue weighted by Gasteiger charge is 2.10. The molecule has 0 atom stereocenters. The largest absolute Gasteiger partial charge is 0.314 e. The molecule has 0 radical (unpaired) electrons. The van der Waals surface area contributed by atoms with Crippen LogP contribution in [0.3, 0.4) is 0 Å². The van der Waals surface area contributed by atoms with E-state index in [1.165, 1.54) is 28.2 Å². The molecule has 22 heavy (non-hydrogen) atoms. The molecule has 1 heterocycles. The molecule has 0 N–H and O–H groups in total. The Balaban J connectivity index is 2.07. The van der Waals surface area contributed by atoms with E-state index in [0.29, 0.717) is 5.92 Å². The van der Waals surface area contributed by atoms with Gasteiger partial charge in [-0.3, -0.25) is 0 Å². The molecule has 1 nitrogen and oxygen atoms in total. The Labute approximate surface area is 137 Å². The molecule has 0 unspecified atom stereocenters. The molecule has 2 heteroatoms. The van der Waals surface area contributed by atoms with Crippen molar-refractivity contribution in [2.24, 2.45) is 0 Å². The first-order valence-electron chi connectivity index (χ1n) is 7.61. The zero-order valence-corrected chi connectivity index (χ0v) is 13.9. The summed E-state index contributed by atoms with van der Waals surface area (Å²) in [6.45, 7) is 6.57. The summed E-state index contributed by atoms with van der Waals surface area (Å²) >= 11 is 6.00. The van der Waals surface area contributed by atoms with Gasteiger partial charge in [0.25, 0.3) is 0 Å². The minimum Gasteiger partial charge on any atom is -0.314 e. The topological polar surface area (TPSA) is 4.93 Å². The highest BCUT2D eigenvalue weighted by Crippen LogP contribution is 2.28. The lowest BCUT2D eigenvalue weighted by Gasteiger charge is -2.14. The van der Waals surface area contributed by atoms with E-state index in [-0.39, 0.29) is 0 Å². The van der Waals surface area contributed by atoms with Crippen LogP contribution in [0, 0.1) is 6.92 Å². The lowest BCUT2D eigenvalue weighted by atomic mass is 10.0. The predicted molar refractivity (Wildman–Crippen MR) is 95.0 cm³/mol.